The minimum atomic E-state index is -3.83. The molecule has 10 heteroatoms. The van der Waals surface area contributed by atoms with E-state index in [9.17, 15) is 18.3 Å². The number of rotatable bonds is 7. The van der Waals surface area contributed by atoms with Gasteiger partial charge >= 0.3 is 0 Å². The number of hydrogen-bond donors (Lipinski definition) is 1. The van der Waals surface area contributed by atoms with E-state index in [1.807, 2.05) is 74.0 Å². The molecule has 0 unspecified atom stereocenters. The number of fused-ring (bicyclic) bond motifs is 5. The molecule has 228 valence electrons. The summed E-state index contributed by atoms with van der Waals surface area (Å²) >= 11 is 0. The summed E-state index contributed by atoms with van der Waals surface area (Å²) in [5.41, 5.74) is 4.07. The highest BCUT2D eigenvalue weighted by atomic mass is 32.2. The van der Waals surface area contributed by atoms with Crippen molar-refractivity contribution in [2.45, 2.75) is 37.5 Å². The SMILES string of the molecule is COc1ccc(S(=O)(=O)N(C)C[C@@H]2OCc3ccccc3-c3c(n(C)c4ccccc34)C(=O)N([C@H](C)CO)C[C@@H]2C)cc1. The van der Waals surface area contributed by atoms with Crippen LogP contribution in [0.1, 0.15) is 29.9 Å². The van der Waals surface area contributed by atoms with E-state index < -0.39 is 22.2 Å². The third-order valence-corrected chi connectivity index (χ3v) is 10.3. The zero-order valence-corrected chi connectivity index (χ0v) is 26.0. The molecule has 5 rings (SSSR count). The molecular formula is C33H39N3O6S. The van der Waals surface area contributed by atoms with E-state index in [0.29, 0.717) is 11.4 Å². The van der Waals surface area contributed by atoms with E-state index in [4.69, 9.17) is 9.47 Å². The molecule has 0 bridgehead atoms. The molecule has 9 nitrogen and oxygen atoms in total. The fraction of sp³-hybridized carbons (Fsp3) is 0.364. The van der Waals surface area contributed by atoms with Crippen LogP contribution in [0.25, 0.3) is 22.0 Å². The molecule has 0 fully saturated rings. The number of benzene rings is 3. The number of likely N-dealkylation sites (N-methyl/N-ethyl adjacent to an activating group) is 1. The summed E-state index contributed by atoms with van der Waals surface area (Å²) in [4.78, 5) is 16.3. The number of sulfonamides is 1. The van der Waals surface area contributed by atoms with Crippen LogP contribution in [0.15, 0.2) is 77.7 Å². The Morgan fingerprint density at radius 2 is 1.74 bits per heavy atom. The Labute approximate surface area is 253 Å². The Bertz CT molecular complexity index is 1720. The van der Waals surface area contributed by atoms with E-state index >= 15 is 0 Å². The highest BCUT2D eigenvalue weighted by molar-refractivity contribution is 7.89. The fourth-order valence-electron chi connectivity index (χ4n) is 5.80. The first-order valence-corrected chi connectivity index (χ1v) is 15.8. The van der Waals surface area contributed by atoms with Crippen molar-refractivity contribution in [2.24, 2.45) is 13.0 Å². The Kier molecular flexibility index (Phi) is 8.94. The second kappa shape index (κ2) is 12.5. The molecule has 1 N–H and O–H groups in total. The zero-order valence-electron chi connectivity index (χ0n) is 25.2. The van der Waals surface area contributed by atoms with Gasteiger partial charge in [0.2, 0.25) is 10.0 Å². The average Bonchev–Trinajstić information content (AvgIpc) is 3.31. The molecule has 0 spiro atoms. The topological polar surface area (TPSA) is 101 Å². The summed E-state index contributed by atoms with van der Waals surface area (Å²) in [5.74, 6) is 0.101. The highest BCUT2D eigenvalue weighted by Gasteiger charge is 2.34. The minimum Gasteiger partial charge on any atom is -0.497 e. The van der Waals surface area contributed by atoms with Crippen molar-refractivity contribution in [3.8, 4) is 16.9 Å². The monoisotopic (exact) mass is 605 g/mol. The van der Waals surface area contributed by atoms with Gasteiger partial charge in [-0.2, -0.15) is 4.31 Å². The molecule has 0 radical (unpaired) electrons. The zero-order chi connectivity index (χ0) is 30.9. The standard InChI is InChI=1S/C33H39N3O6S/c1-22-18-36(23(2)20-37)33(38)32-31(28-12-8-9-13-29(28)35(32)4)27-11-7-6-10-24(27)21-42-30(22)19-34(3)43(39,40)26-16-14-25(41-5)15-17-26/h6-17,22-23,30,37H,18-21H2,1-5H3/t22-,23+,30-/m0/s1. The first kappa shape index (κ1) is 30.7. The van der Waals surface area contributed by atoms with Crippen LogP contribution in [-0.4, -0.2) is 79.2 Å². The summed E-state index contributed by atoms with van der Waals surface area (Å²) < 4.78 is 42.0. The van der Waals surface area contributed by atoms with Crippen molar-refractivity contribution in [1.29, 1.82) is 0 Å². The van der Waals surface area contributed by atoms with E-state index in [-0.39, 0.29) is 43.0 Å². The van der Waals surface area contributed by atoms with E-state index in [1.165, 1.54) is 30.6 Å². The number of nitrogens with zero attached hydrogens (tertiary/aromatic N) is 3. The van der Waals surface area contributed by atoms with Crippen LogP contribution in [-0.2, 0) is 28.4 Å². The predicted molar refractivity (Wildman–Crippen MR) is 166 cm³/mol. The number of ether oxygens (including phenoxy) is 2. The number of hydrogen-bond acceptors (Lipinski definition) is 6. The van der Waals surface area contributed by atoms with Gasteiger partial charge in [0.15, 0.2) is 0 Å². The van der Waals surface area contributed by atoms with Gasteiger partial charge in [0.1, 0.15) is 11.4 Å². The van der Waals surface area contributed by atoms with Gasteiger partial charge in [0.05, 0.1) is 37.4 Å². The van der Waals surface area contributed by atoms with E-state index in [0.717, 1.165) is 27.6 Å². The largest absolute Gasteiger partial charge is 0.497 e. The molecule has 0 aliphatic carbocycles. The summed E-state index contributed by atoms with van der Waals surface area (Å²) in [6.07, 6.45) is -0.551. The summed E-state index contributed by atoms with van der Waals surface area (Å²) in [6, 6.07) is 21.6. The van der Waals surface area contributed by atoms with Crippen LogP contribution in [0.2, 0.25) is 0 Å². The number of aryl methyl sites for hydroxylation is 1. The normalized spacial score (nSPS) is 18.7. The van der Waals surface area contributed by atoms with Crippen LogP contribution >= 0.6 is 0 Å². The minimum absolute atomic E-state index is 0.0725. The van der Waals surface area contributed by atoms with Gasteiger partial charge in [-0.25, -0.2) is 8.42 Å². The van der Waals surface area contributed by atoms with Crippen LogP contribution in [0, 0.1) is 5.92 Å². The lowest BCUT2D eigenvalue weighted by Gasteiger charge is -2.35. The average molecular weight is 606 g/mol. The molecule has 4 aromatic rings. The van der Waals surface area contributed by atoms with Crippen molar-refractivity contribution < 1.29 is 27.8 Å². The summed E-state index contributed by atoms with van der Waals surface area (Å²) in [6.45, 7) is 4.12. The number of aliphatic hydroxyl groups is 1. The number of carbonyl (C=O) groups excluding carboxylic acids is 1. The molecular weight excluding hydrogens is 566 g/mol. The smallest absolute Gasteiger partial charge is 0.271 e. The fourth-order valence-corrected chi connectivity index (χ4v) is 6.99. The third-order valence-electron chi connectivity index (χ3n) is 8.43. The molecule has 1 aromatic heterocycles. The molecule has 1 amide bonds. The molecule has 3 aromatic carbocycles. The quantitative estimate of drug-likeness (QED) is 0.332. The van der Waals surface area contributed by atoms with Gasteiger partial charge in [-0.1, -0.05) is 49.4 Å². The highest BCUT2D eigenvalue weighted by Crippen LogP contribution is 2.38. The number of carbonyl (C=O) groups is 1. The van der Waals surface area contributed by atoms with Gasteiger partial charge in [0, 0.05) is 49.6 Å². The molecule has 43 heavy (non-hydrogen) atoms. The van der Waals surface area contributed by atoms with Crippen molar-refractivity contribution in [1.82, 2.24) is 13.8 Å². The Morgan fingerprint density at radius 3 is 2.44 bits per heavy atom. The van der Waals surface area contributed by atoms with Gasteiger partial charge in [-0.15, -0.1) is 0 Å². The Morgan fingerprint density at radius 1 is 1.07 bits per heavy atom. The number of aromatic nitrogens is 1. The first-order valence-electron chi connectivity index (χ1n) is 14.4. The van der Waals surface area contributed by atoms with Crippen molar-refractivity contribution in [3.05, 3.63) is 84.1 Å². The molecule has 1 aliphatic heterocycles. The summed E-state index contributed by atoms with van der Waals surface area (Å²) in [5, 5.41) is 11.2. The Balaban J connectivity index is 1.58. The van der Waals surface area contributed by atoms with Crippen molar-refractivity contribution in [2.75, 3.05) is 33.9 Å². The molecule has 0 saturated heterocycles. The third kappa shape index (κ3) is 5.80. The lowest BCUT2D eigenvalue weighted by atomic mass is 9.96. The summed E-state index contributed by atoms with van der Waals surface area (Å²) in [7, 11) is 1.13. The predicted octanol–water partition coefficient (Wildman–Crippen LogP) is 4.53. The van der Waals surface area contributed by atoms with Gasteiger partial charge < -0.3 is 24.0 Å². The van der Waals surface area contributed by atoms with Crippen LogP contribution in [0.4, 0.5) is 0 Å². The van der Waals surface area contributed by atoms with Crippen molar-refractivity contribution in [3.63, 3.8) is 0 Å². The van der Waals surface area contributed by atoms with Crippen LogP contribution in [0.3, 0.4) is 0 Å². The lowest BCUT2D eigenvalue weighted by molar-refractivity contribution is -0.0147. The van der Waals surface area contributed by atoms with Crippen molar-refractivity contribution >= 4 is 26.8 Å². The molecule has 0 saturated carbocycles. The molecule has 3 atom stereocenters. The van der Waals surface area contributed by atoms with E-state index in [1.54, 1.807) is 17.0 Å². The van der Waals surface area contributed by atoms with Gasteiger partial charge in [-0.3, -0.25) is 4.79 Å². The maximum atomic E-state index is 14.5. The second-order valence-electron chi connectivity index (χ2n) is 11.2. The van der Waals surface area contributed by atoms with Gasteiger partial charge in [-0.05, 0) is 48.4 Å². The number of para-hydroxylation sites is 1. The maximum Gasteiger partial charge on any atom is 0.271 e. The Hall–Kier alpha value is -3.70. The molecule has 2 heterocycles. The van der Waals surface area contributed by atoms with Crippen LogP contribution in [0.5, 0.6) is 5.75 Å². The van der Waals surface area contributed by atoms with Crippen LogP contribution < -0.4 is 4.74 Å². The first-order chi connectivity index (χ1) is 20.6. The van der Waals surface area contributed by atoms with E-state index in [2.05, 4.69) is 0 Å². The number of aliphatic hydroxyl groups excluding tert-OH is 1. The lowest BCUT2D eigenvalue weighted by Crippen LogP contribution is -2.48. The number of methoxy groups -OCH3 is 1. The maximum absolute atomic E-state index is 14.5. The molecule has 1 aliphatic rings. The number of amides is 1. The second-order valence-corrected chi connectivity index (χ2v) is 13.3. The van der Waals surface area contributed by atoms with Gasteiger partial charge in [0.25, 0.3) is 5.91 Å².